The summed E-state index contributed by atoms with van der Waals surface area (Å²) >= 11 is 6.48. The molecule has 0 bridgehead atoms. The van der Waals surface area contributed by atoms with E-state index in [1.54, 1.807) is 6.07 Å². The molecule has 2 saturated heterocycles. The standard InChI is InChI=1S/C26H28ClNO5/c1-32-22-14-18(25(30)31)13-19(23(22)27)16-4-6-17(7-5-16)20-15-26(20)8-10-28(11-9-26)24(29)21-3-2-12-33-21/h4-7,13-14,20-21H,2-3,8-12,15H2,1H3,(H,30,31)/t20-,21?/m1/s1. The van der Waals surface area contributed by atoms with E-state index in [-0.39, 0.29) is 17.6 Å². The second-order valence-electron chi connectivity index (χ2n) is 9.41. The van der Waals surface area contributed by atoms with Crippen molar-refractivity contribution in [2.75, 3.05) is 26.8 Å². The second kappa shape index (κ2) is 8.65. The summed E-state index contributed by atoms with van der Waals surface area (Å²) in [6, 6.07) is 11.3. The van der Waals surface area contributed by atoms with Gasteiger partial charge in [-0.3, -0.25) is 4.79 Å². The lowest BCUT2D eigenvalue weighted by atomic mass is 9.88. The molecule has 3 aliphatic rings. The molecule has 2 aromatic carbocycles. The lowest BCUT2D eigenvalue weighted by molar-refractivity contribution is -0.142. The summed E-state index contributed by atoms with van der Waals surface area (Å²) in [6.07, 6.45) is 4.80. The van der Waals surface area contributed by atoms with Gasteiger partial charge in [0, 0.05) is 25.3 Å². The zero-order valence-electron chi connectivity index (χ0n) is 18.7. The number of piperidine rings is 1. The molecule has 2 aromatic rings. The molecule has 0 aromatic heterocycles. The average molecular weight is 470 g/mol. The first kappa shape index (κ1) is 22.2. The number of carboxylic acid groups (broad SMARTS) is 1. The summed E-state index contributed by atoms with van der Waals surface area (Å²) < 4.78 is 10.8. The first-order valence-electron chi connectivity index (χ1n) is 11.5. The fourth-order valence-electron chi connectivity index (χ4n) is 5.49. The lowest BCUT2D eigenvalue weighted by Crippen LogP contribution is -2.44. The molecular weight excluding hydrogens is 442 g/mol. The van der Waals surface area contributed by atoms with E-state index >= 15 is 0 Å². The molecule has 1 N–H and O–H groups in total. The number of nitrogens with zero attached hydrogens (tertiary/aromatic N) is 1. The topological polar surface area (TPSA) is 76.1 Å². The quantitative estimate of drug-likeness (QED) is 0.667. The van der Waals surface area contributed by atoms with Gasteiger partial charge in [-0.2, -0.15) is 0 Å². The molecule has 1 unspecified atom stereocenters. The van der Waals surface area contributed by atoms with E-state index in [4.69, 9.17) is 21.1 Å². The van der Waals surface area contributed by atoms with Crippen molar-refractivity contribution >= 4 is 23.5 Å². The number of carbonyl (C=O) groups excluding carboxylic acids is 1. The third kappa shape index (κ3) is 4.11. The van der Waals surface area contributed by atoms with Gasteiger partial charge in [-0.15, -0.1) is 0 Å². The van der Waals surface area contributed by atoms with Crippen molar-refractivity contribution in [1.29, 1.82) is 0 Å². The SMILES string of the molecule is COc1cc(C(=O)O)cc(-c2ccc([C@H]3CC34CCN(C(=O)C3CCCO3)CC4)cc2)c1Cl. The van der Waals surface area contributed by atoms with Gasteiger partial charge in [0.2, 0.25) is 0 Å². The Kier molecular flexibility index (Phi) is 5.83. The van der Waals surface area contributed by atoms with Crippen molar-refractivity contribution in [3.63, 3.8) is 0 Å². The van der Waals surface area contributed by atoms with E-state index in [1.165, 1.54) is 18.7 Å². The van der Waals surface area contributed by atoms with E-state index in [9.17, 15) is 14.7 Å². The van der Waals surface area contributed by atoms with Crippen LogP contribution in [0.3, 0.4) is 0 Å². The van der Waals surface area contributed by atoms with Crippen molar-refractivity contribution < 1.29 is 24.2 Å². The van der Waals surface area contributed by atoms with Crippen molar-refractivity contribution in [2.24, 2.45) is 5.41 Å². The predicted molar refractivity (Wildman–Crippen MR) is 125 cm³/mol. The van der Waals surface area contributed by atoms with Gasteiger partial charge in [0.15, 0.2) is 0 Å². The Bertz CT molecular complexity index is 1070. The molecule has 6 nitrogen and oxygen atoms in total. The van der Waals surface area contributed by atoms with E-state index in [0.717, 1.165) is 50.8 Å². The minimum atomic E-state index is -1.02. The van der Waals surface area contributed by atoms with Gasteiger partial charge in [0.1, 0.15) is 11.9 Å². The lowest BCUT2D eigenvalue weighted by Gasteiger charge is -2.34. The summed E-state index contributed by atoms with van der Waals surface area (Å²) in [5.41, 5.74) is 3.22. The van der Waals surface area contributed by atoms with Crippen molar-refractivity contribution in [3.8, 4) is 16.9 Å². The Hall–Kier alpha value is -2.57. The third-order valence-electron chi connectivity index (χ3n) is 7.60. The molecule has 1 saturated carbocycles. The average Bonchev–Trinajstić information content (AvgIpc) is 3.25. The van der Waals surface area contributed by atoms with Crippen LogP contribution in [0.5, 0.6) is 5.75 Å². The van der Waals surface area contributed by atoms with Crippen LogP contribution in [-0.4, -0.2) is 54.8 Å². The van der Waals surface area contributed by atoms with Crippen LogP contribution >= 0.6 is 11.6 Å². The van der Waals surface area contributed by atoms with Crippen molar-refractivity contribution in [3.05, 3.63) is 52.5 Å². The maximum Gasteiger partial charge on any atom is 0.335 e. The van der Waals surface area contributed by atoms with Gasteiger partial charge < -0.3 is 19.5 Å². The molecule has 1 aliphatic carbocycles. The largest absolute Gasteiger partial charge is 0.495 e. The maximum atomic E-state index is 12.6. The second-order valence-corrected chi connectivity index (χ2v) is 9.79. The molecule has 1 amide bonds. The molecule has 2 heterocycles. The van der Waals surface area contributed by atoms with Crippen LogP contribution in [0.2, 0.25) is 5.02 Å². The fourth-order valence-corrected chi connectivity index (χ4v) is 5.79. The number of methoxy groups -OCH3 is 1. The fraction of sp³-hybridized carbons (Fsp3) is 0.462. The van der Waals surface area contributed by atoms with E-state index in [1.807, 2.05) is 17.0 Å². The number of ether oxygens (including phenoxy) is 2. The number of halogens is 1. The number of rotatable bonds is 5. The number of hydrogen-bond donors (Lipinski definition) is 1. The number of carboxylic acids is 1. The monoisotopic (exact) mass is 469 g/mol. The third-order valence-corrected chi connectivity index (χ3v) is 7.99. The van der Waals surface area contributed by atoms with Gasteiger partial charge in [-0.05, 0) is 66.7 Å². The van der Waals surface area contributed by atoms with Crippen molar-refractivity contribution in [1.82, 2.24) is 4.90 Å². The Morgan fingerprint density at radius 3 is 2.52 bits per heavy atom. The Morgan fingerprint density at radius 1 is 1.18 bits per heavy atom. The van der Waals surface area contributed by atoms with Crippen LogP contribution in [0.4, 0.5) is 0 Å². The smallest absolute Gasteiger partial charge is 0.335 e. The molecule has 33 heavy (non-hydrogen) atoms. The summed E-state index contributed by atoms with van der Waals surface area (Å²) in [5, 5.41) is 9.82. The number of likely N-dealkylation sites (tertiary alicyclic amines) is 1. The first-order valence-corrected chi connectivity index (χ1v) is 11.9. The number of amides is 1. The zero-order valence-corrected chi connectivity index (χ0v) is 19.4. The number of hydrogen-bond acceptors (Lipinski definition) is 4. The first-order chi connectivity index (χ1) is 15.9. The molecule has 2 aliphatic heterocycles. The molecular formula is C26H28ClNO5. The molecule has 3 fully saturated rings. The molecule has 0 radical (unpaired) electrons. The normalized spacial score (nSPS) is 23.5. The van der Waals surface area contributed by atoms with Crippen LogP contribution in [0, 0.1) is 5.41 Å². The van der Waals surface area contributed by atoms with Crippen LogP contribution in [0.25, 0.3) is 11.1 Å². The predicted octanol–water partition coefficient (Wildman–Crippen LogP) is 4.99. The zero-order chi connectivity index (χ0) is 23.2. The minimum absolute atomic E-state index is 0.140. The van der Waals surface area contributed by atoms with Gasteiger partial charge in [-0.1, -0.05) is 35.9 Å². The Balaban J connectivity index is 1.28. The minimum Gasteiger partial charge on any atom is -0.495 e. The van der Waals surface area contributed by atoms with Gasteiger partial charge in [0.05, 0.1) is 17.7 Å². The summed E-state index contributed by atoms with van der Waals surface area (Å²) in [4.78, 5) is 26.1. The van der Waals surface area contributed by atoms with Crippen LogP contribution in [0.1, 0.15) is 53.9 Å². The number of carbonyl (C=O) groups is 2. The van der Waals surface area contributed by atoms with Crippen LogP contribution < -0.4 is 4.74 Å². The summed E-state index contributed by atoms with van der Waals surface area (Å²) in [5.74, 6) is -0.00475. The van der Waals surface area contributed by atoms with Crippen molar-refractivity contribution in [2.45, 2.75) is 44.1 Å². The van der Waals surface area contributed by atoms with Gasteiger partial charge >= 0.3 is 5.97 Å². The van der Waals surface area contributed by atoms with Gasteiger partial charge in [0.25, 0.3) is 5.91 Å². The highest BCUT2D eigenvalue weighted by atomic mass is 35.5. The molecule has 2 atom stereocenters. The molecule has 5 rings (SSSR count). The Labute approximate surface area is 198 Å². The highest BCUT2D eigenvalue weighted by molar-refractivity contribution is 6.35. The summed E-state index contributed by atoms with van der Waals surface area (Å²) in [6.45, 7) is 2.32. The number of aromatic carboxylic acids is 1. The van der Waals surface area contributed by atoms with Crippen LogP contribution in [-0.2, 0) is 9.53 Å². The van der Waals surface area contributed by atoms with Crippen LogP contribution in [0.15, 0.2) is 36.4 Å². The molecule has 7 heteroatoms. The van der Waals surface area contributed by atoms with E-state index < -0.39 is 5.97 Å². The van der Waals surface area contributed by atoms with E-state index in [2.05, 4.69) is 12.1 Å². The highest BCUT2D eigenvalue weighted by Crippen LogP contribution is 2.65. The molecule has 174 valence electrons. The number of benzene rings is 2. The molecule has 1 spiro atoms. The maximum absolute atomic E-state index is 12.6. The van der Waals surface area contributed by atoms with E-state index in [0.29, 0.717) is 34.3 Å². The van der Waals surface area contributed by atoms with Gasteiger partial charge in [-0.25, -0.2) is 4.79 Å². The summed E-state index contributed by atoms with van der Waals surface area (Å²) in [7, 11) is 1.48. The highest BCUT2D eigenvalue weighted by Gasteiger charge is 2.55. The Morgan fingerprint density at radius 2 is 1.91 bits per heavy atom.